The first kappa shape index (κ1) is 15.8. The van der Waals surface area contributed by atoms with Gasteiger partial charge in [-0.3, -0.25) is 19.3 Å². The van der Waals surface area contributed by atoms with Gasteiger partial charge in [-0.05, 0) is 25.0 Å². The maximum Gasteiger partial charge on any atom is 0.235 e. The van der Waals surface area contributed by atoms with Crippen LogP contribution in [0.25, 0.3) is 0 Å². The number of furan rings is 1. The van der Waals surface area contributed by atoms with Gasteiger partial charge in [-0.15, -0.1) is 0 Å². The lowest BCUT2D eigenvalue weighted by atomic mass is 9.84. The summed E-state index contributed by atoms with van der Waals surface area (Å²) in [4.78, 5) is 37.7. The molecule has 23 heavy (non-hydrogen) atoms. The number of carbonyl (C=O) groups is 3. The second-order valence-electron chi connectivity index (χ2n) is 6.44. The Bertz CT molecular complexity index is 588. The molecule has 2 aliphatic rings. The summed E-state index contributed by atoms with van der Waals surface area (Å²) >= 11 is 0. The SMILES string of the molecule is O=C(CCN1C(=O)CC2(CCCC2)C1=O)NCCc1ccco1. The van der Waals surface area contributed by atoms with E-state index in [2.05, 4.69) is 5.32 Å². The number of carbonyl (C=O) groups excluding carboxylic acids is 3. The Morgan fingerprint density at radius 2 is 2.09 bits per heavy atom. The molecule has 6 heteroatoms. The van der Waals surface area contributed by atoms with Crippen LogP contribution in [-0.4, -0.2) is 35.7 Å². The molecule has 1 aliphatic heterocycles. The molecular formula is C17H22N2O4. The minimum Gasteiger partial charge on any atom is -0.469 e. The van der Waals surface area contributed by atoms with Gasteiger partial charge >= 0.3 is 0 Å². The highest BCUT2D eigenvalue weighted by Gasteiger charge is 2.52. The molecule has 3 rings (SSSR count). The van der Waals surface area contributed by atoms with Gasteiger partial charge in [-0.25, -0.2) is 0 Å². The predicted octanol–water partition coefficient (Wildman–Crippen LogP) is 1.65. The van der Waals surface area contributed by atoms with Gasteiger partial charge in [-0.2, -0.15) is 0 Å². The quantitative estimate of drug-likeness (QED) is 0.809. The molecule has 0 unspecified atom stereocenters. The third kappa shape index (κ3) is 3.30. The van der Waals surface area contributed by atoms with Gasteiger partial charge in [0.05, 0.1) is 11.7 Å². The molecule has 1 N–H and O–H groups in total. The van der Waals surface area contributed by atoms with Crippen molar-refractivity contribution < 1.29 is 18.8 Å². The molecule has 6 nitrogen and oxygen atoms in total. The van der Waals surface area contributed by atoms with E-state index in [1.165, 1.54) is 4.90 Å². The lowest BCUT2D eigenvalue weighted by Crippen LogP contribution is -2.37. The third-order valence-corrected chi connectivity index (χ3v) is 4.89. The van der Waals surface area contributed by atoms with Crippen LogP contribution in [0, 0.1) is 5.41 Å². The molecule has 3 amide bonds. The number of likely N-dealkylation sites (tertiary alicyclic amines) is 1. The molecule has 1 saturated heterocycles. The van der Waals surface area contributed by atoms with E-state index in [0.717, 1.165) is 31.4 Å². The highest BCUT2D eigenvalue weighted by atomic mass is 16.3. The average Bonchev–Trinajstić information content (AvgIpc) is 3.23. The van der Waals surface area contributed by atoms with Crippen LogP contribution in [0.5, 0.6) is 0 Å². The Morgan fingerprint density at radius 1 is 1.30 bits per heavy atom. The molecule has 1 aromatic rings. The summed E-state index contributed by atoms with van der Waals surface area (Å²) in [7, 11) is 0. The molecule has 2 heterocycles. The molecule has 0 radical (unpaired) electrons. The van der Waals surface area contributed by atoms with Crippen molar-refractivity contribution in [2.75, 3.05) is 13.1 Å². The van der Waals surface area contributed by atoms with E-state index in [1.807, 2.05) is 6.07 Å². The Hall–Kier alpha value is -2.11. The number of nitrogens with one attached hydrogen (secondary N) is 1. The molecule has 0 aromatic carbocycles. The van der Waals surface area contributed by atoms with E-state index in [-0.39, 0.29) is 30.7 Å². The van der Waals surface area contributed by atoms with Gasteiger partial charge in [0.25, 0.3) is 0 Å². The van der Waals surface area contributed by atoms with E-state index in [4.69, 9.17) is 4.42 Å². The first-order valence-electron chi connectivity index (χ1n) is 8.25. The van der Waals surface area contributed by atoms with Crippen LogP contribution < -0.4 is 5.32 Å². The molecule has 124 valence electrons. The number of nitrogens with zero attached hydrogens (tertiary/aromatic N) is 1. The zero-order chi connectivity index (χ0) is 16.3. The summed E-state index contributed by atoms with van der Waals surface area (Å²) < 4.78 is 5.19. The predicted molar refractivity (Wildman–Crippen MR) is 82.3 cm³/mol. The standard InChI is InChI=1S/C17H22N2O4/c20-14(18-9-5-13-4-3-11-23-13)6-10-19-15(21)12-17(16(19)22)7-1-2-8-17/h3-4,11H,1-2,5-10,12H2,(H,18,20). The van der Waals surface area contributed by atoms with E-state index < -0.39 is 5.41 Å². The first-order valence-corrected chi connectivity index (χ1v) is 8.25. The minimum absolute atomic E-state index is 0.0663. The topological polar surface area (TPSA) is 79.6 Å². The maximum absolute atomic E-state index is 12.5. The fourth-order valence-electron chi connectivity index (χ4n) is 3.61. The zero-order valence-electron chi connectivity index (χ0n) is 13.2. The Morgan fingerprint density at radius 3 is 2.78 bits per heavy atom. The van der Waals surface area contributed by atoms with E-state index in [9.17, 15) is 14.4 Å². The van der Waals surface area contributed by atoms with Crippen LogP contribution in [0.15, 0.2) is 22.8 Å². The van der Waals surface area contributed by atoms with Crippen molar-refractivity contribution in [3.05, 3.63) is 24.2 Å². The van der Waals surface area contributed by atoms with E-state index >= 15 is 0 Å². The second-order valence-corrected chi connectivity index (χ2v) is 6.44. The van der Waals surface area contributed by atoms with Gasteiger partial charge in [0.2, 0.25) is 17.7 Å². The summed E-state index contributed by atoms with van der Waals surface area (Å²) in [5, 5.41) is 2.79. The number of amides is 3. The van der Waals surface area contributed by atoms with Gasteiger partial charge < -0.3 is 9.73 Å². The smallest absolute Gasteiger partial charge is 0.235 e. The molecule has 2 fully saturated rings. The maximum atomic E-state index is 12.5. The normalized spacial score (nSPS) is 19.7. The summed E-state index contributed by atoms with van der Waals surface area (Å²) in [5.41, 5.74) is -0.452. The fourth-order valence-corrected chi connectivity index (χ4v) is 3.61. The van der Waals surface area contributed by atoms with Crippen molar-refractivity contribution >= 4 is 17.7 Å². The highest BCUT2D eigenvalue weighted by Crippen LogP contribution is 2.46. The summed E-state index contributed by atoms with van der Waals surface area (Å²) in [6.45, 7) is 0.671. The minimum atomic E-state index is -0.452. The Balaban J connectivity index is 1.43. The van der Waals surface area contributed by atoms with Gasteiger partial charge in [0.15, 0.2) is 0 Å². The zero-order valence-corrected chi connectivity index (χ0v) is 13.2. The molecule has 1 aromatic heterocycles. The van der Waals surface area contributed by atoms with Crippen molar-refractivity contribution in [2.45, 2.75) is 44.9 Å². The van der Waals surface area contributed by atoms with Crippen LogP contribution >= 0.6 is 0 Å². The first-order chi connectivity index (χ1) is 11.1. The number of hydrogen-bond donors (Lipinski definition) is 1. The van der Waals surface area contributed by atoms with Crippen molar-refractivity contribution in [3.8, 4) is 0 Å². The average molecular weight is 318 g/mol. The van der Waals surface area contributed by atoms with Gasteiger partial charge in [0.1, 0.15) is 5.76 Å². The van der Waals surface area contributed by atoms with Crippen molar-refractivity contribution in [1.29, 1.82) is 0 Å². The second kappa shape index (κ2) is 6.56. The highest BCUT2D eigenvalue weighted by molar-refractivity contribution is 6.06. The van der Waals surface area contributed by atoms with Crippen LogP contribution in [0.1, 0.15) is 44.3 Å². The number of hydrogen-bond acceptors (Lipinski definition) is 4. The Labute approximate surface area is 135 Å². The summed E-state index contributed by atoms with van der Waals surface area (Å²) in [6.07, 6.45) is 6.36. The molecule has 1 spiro atoms. The van der Waals surface area contributed by atoms with Crippen LogP contribution in [0.3, 0.4) is 0 Å². The van der Waals surface area contributed by atoms with Crippen LogP contribution in [-0.2, 0) is 20.8 Å². The largest absolute Gasteiger partial charge is 0.469 e. The van der Waals surface area contributed by atoms with Crippen molar-refractivity contribution in [2.24, 2.45) is 5.41 Å². The molecule has 0 bridgehead atoms. The van der Waals surface area contributed by atoms with Gasteiger partial charge in [0, 0.05) is 32.4 Å². The van der Waals surface area contributed by atoms with Crippen LogP contribution in [0.4, 0.5) is 0 Å². The summed E-state index contributed by atoms with van der Waals surface area (Å²) in [6, 6.07) is 3.66. The monoisotopic (exact) mass is 318 g/mol. The number of imide groups is 1. The van der Waals surface area contributed by atoms with Crippen LogP contribution in [0.2, 0.25) is 0 Å². The van der Waals surface area contributed by atoms with Gasteiger partial charge in [-0.1, -0.05) is 12.8 Å². The molecule has 0 atom stereocenters. The van der Waals surface area contributed by atoms with Crippen molar-refractivity contribution in [1.82, 2.24) is 10.2 Å². The van der Waals surface area contributed by atoms with Crippen molar-refractivity contribution in [3.63, 3.8) is 0 Å². The number of rotatable bonds is 6. The molecular weight excluding hydrogens is 296 g/mol. The van der Waals surface area contributed by atoms with E-state index in [1.54, 1.807) is 12.3 Å². The lowest BCUT2D eigenvalue weighted by Gasteiger charge is -2.20. The molecule has 1 saturated carbocycles. The third-order valence-electron chi connectivity index (χ3n) is 4.89. The fraction of sp³-hybridized carbons (Fsp3) is 0.588. The summed E-state index contributed by atoms with van der Waals surface area (Å²) in [5.74, 6) is 0.478. The molecule has 1 aliphatic carbocycles. The Kier molecular flexibility index (Phi) is 4.50. The lowest BCUT2D eigenvalue weighted by molar-refractivity contribution is -0.141. The van der Waals surface area contributed by atoms with E-state index in [0.29, 0.717) is 19.4 Å².